The number of aryl methyl sites for hydroxylation is 2. The van der Waals surface area contributed by atoms with E-state index < -0.39 is 28.4 Å². The summed E-state index contributed by atoms with van der Waals surface area (Å²) in [5.74, 6) is -1.68. The molecule has 2 heterocycles. The summed E-state index contributed by atoms with van der Waals surface area (Å²) in [6, 6.07) is 15.1. The van der Waals surface area contributed by atoms with Crippen molar-refractivity contribution in [3.63, 3.8) is 0 Å². The van der Waals surface area contributed by atoms with Crippen molar-refractivity contribution in [2.75, 3.05) is 11.5 Å². The van der Waals surface area contributed by atoms with E-state index in [9.17, 15) is 24.8 Å². The number of ether oxygens (including phenoxy) is 1. The number of anilines is 1. The second kappa shape index (κ2) is 10.3. The average molecular weight is 544 g/mol. The number of thiazole rings is 1. The number of Topliss-reactive ketones (excluding diaryl/α,β-unsaturated/α-hetero) is 1. The van der Waals surface area contributed by atoms with Crippen LogP contribution in [0.2, 0.25) is 0 Å². The van der Waals surface area contributed by atoms with Crippen molar-refractivity contribution >= 4 is 49.8 Å². The molecular formula is C29H25N3O6S. The topological polar surface area (TPSA) is 123 Å². The molecule has 0 radical (unpaired) electrons. The van der Waals surface area contributed by atoms with Crippen molar-refractivity contribution in [3.8, 4) is 5.75 Å². The Morgan fingerprint density at radius 2 is 1.90 bits per heavy atom. The van der Waals surface area contributed by atoms with E-state index in [4.69, 9.17) is 4.74 Å². The number of nitrogens with zero attached hydrogens (tertiary/aromatic N) is 3. The standard InChI is InChI=1S/C29H25N3O6S/c1-4-11-38-21-10-6-8-19(15-21)26(33)23-25(18-7-5-9-20(14-18)32(36)37)31(28(35)27(23)34)29-30-24-17(3)12-16(2)13-22(24)39-29/h5-10,12-15,25,33H,4,11H2,1-3H3. The molecule has 10 heteroatoms. The first kappa shape index (κ1) is 26.1. The van der Waals surface area contributed by atoms with Gasteiger partial charge in [-0.2, -0.15) is 0 Å². The Hall–Kier alpha value is -4.57. The number of hydrogen-bond acceptors (Lipinski definition) is 8. The third-order valence-electron chi connectivity index (χ3n) is 6.45. The van der Waals surface area contributed by atoms with Crippen LogP contribution in [0.4, 0.5) is 10.8 Å². The molecule has 9 nitrogen and oxygen atoms in total. The first-order valence-electron chi connectivity index (χ1n) is 12.4. The molecule has 3 aromatic carbocycles. The first-order valence-corrected chi connectivity index (χ1v) is 13.2. The molecule has 39 heavy (non-hydrogen) atoms. The molecular weight excluding hydrogens is 518 g/mol. The fourth-order valence-corrected chi connectivity index (χ4v) is 5.89. The fourth-order valence-electron chi connectivity index (χ4n) is 4.72. The van der Waals surface area contributed by atoms with E-state index in [1.54, 1.807) is 30.3 Å². The van der Waals surface area contributed by atoms with Gasteiger partial charge in [0.2, 0.25) is 0 Å². The second-order valence-electron chi connectivity index (χ2n) is 9.32. The normalized spacial score (nSPS) is 16.7. The zero-order valence-corrected chi connectivity index (χ0v) is 22.3. The summed E-state index contributed by atoms with van der Waals surface area (Å²) in [5.41, 5.74) is 2.84. The molecule has 1 aromatic heterocycles. The third-order valence-corrected chi connectivity index (χ3v) is 7.45. The van der Waals surface area contributed by atoms with Crippen LogP contribution in [0, 0.1) is 24.0 Å². The highest BCUT2D eigenvalue weighted by Gasteiger charge is 2.48. The lowest BCUT2D eigenvalue weighted by atomic mass is 9.95. The highest BCUT2D eigenvalue weighted by atomic mass is 32.1. The van der Waals surface area contributed by atoms with E-state index in [2.05, 4.69) is 4.98 Å². The number of aliphatic hydroxyl groups excluding tert-OH is 1. The predicted octanol–water partition coefficient (Wildman–Crippen LogP) is 6.24. The molecule has 198 valence electrons. The number of aromatic nitrogens is 1. The van der Waals surface area contributed by atoms with Gasteiger partial charge in [-0.1, -0.05) is 48.6 Å². The molecule has 1 saturated heterocycles. The number of aliphatic hydroxyl groups is 1. The molecule has 0 bridgehead atoms. The van der Waals surface area contributed by atoms with Crippen LogP contribution >= 0.6 is 11.3 Å². The van der Waals surface area contributed by atoms with Crippen molar-refractivity contribution in [1.29, 1.82) is 0 Å². The number of benzene rings is 3. The van der Waals surface area contributed by atoms with Crippen molar-refractivity contribution < 1.29 is 24.4 Å². The van der Waals surface area contributed by atoms with Crippen LogP contribution in [-0.4, -0.2) is 33.3 Å². The summed E-state index contributed by atoms with van der Waals surface area (Å²) in [6.07, 6.45) is 0.787. The monoisotopic (exact) mass is 543 g/mol. The van der Waals surface area contributed by atoms with Gasteiger partial charge in [0.1, 0.15) is 11.5 Å². The van der Waals surface area contributed by atoms with Gasteiger partial charge in [-0.15, -0.1) is 0 Å². The van der Waals surface area contributed by atoms with Gasteiger partial charge < -0.3 is 9.84 Å². The van der Waals surface area contributed by atoms with Crippen LogP contribution in [0.25, 0.3) is 16.0 Å². The number of hydrogen-bond donors (Lipinski definition) is 1. The average Bonchev–Trinajstić information content (AvgIpc) is 3.45. The third kappa shape index (κ3) is 4.74. The molecule has 1 unspecified atom stereocenters. The Kier molecular flexibility index (Phi) is 6.88. The molecule has 0 aliphatic carbocycles. The van der Waals surface area contributed by atoms with Gasteiger partial charge in [-0.25, -0.2) is 4.98 Å². The van der Waals surface area contributed by atoms with Crippen molar-refractivity contribution in [2.45, 2.75) is 33.2 Å². The van der Waals surface area contributed by atoms with Crippen LogP contribution in [0.15, 0.2) is 66.2 Å². The van der Waals surface area contributed by atoms with E-state index in [1.807, 2.05) is 32.9 Å². The fraction of sp³-hybridized carbons (Fsp3) is 0.207. The minimum Gasteiger partial charge on any atom is -0.507 e. The molecule has 1 N–H and O–H groups in total. The number of amides is 1. The number of rotatable bonds is 7. The second-order valence-corrected chi connectivity index (χ2v) is 10.3. The van der Waals surface area contributed by atoms with Gasteiger partial charge >= 0.3 is 5.91 Å². The SMILES string of the molecule is CCCOc1cccc(C(O)=C2C(=O)C(=O)N(c3nc4c(C)cc(C)cc4s3)C2c2cccc([N+](=O)[O-])c2)c1. The lowest BCUT2D eigenvalue weighted by Crippen LogP contribution is -2.29. The summed E-state index contributed by atoms with van der Waals surface area (Å²) in [5, 5.41) is 23.3. The largest absolute Gasteiger partial charge is 0.507 e. The highest BCUT2D eigenvalue weighted by molar-refractivity contribution is 7.22. The molecule has 1 aliphatic rings. The molecule has 1 amide bonds. The highest BCUT2D eigenvalue weighted by Crippen LogP contribution is 2.45. The van der Waals surface area contributed by atoms with Crippen LogP contribution in [0.5, 0.6) is 5.75 Å². The molecule has 1 fully saturated rings. The smallest absolute Gasteiger partial charge is 0.301 e. The maximum absolute atomic E-state index is 13.5. The summed E-state index contributed by atoms with van der Waals surface area (Å²) >= 11 is 1.24. The molecule has 5 rings (SSSR count). The molecule has 1 atom stereocenters. The molecule has 4 aromatic rings. The van der Waals surface area contributed by atoms with E-state index in [1.165, 1.54) is 34.4 Å². The maximum Gasteiger partial charge on any atom is 0.301 e. The van der Waals surface area contributed by atoms with Crippen molar-refractivity contribution in [3.05, 3.63) is 98.6 Å². The summed E-state index contributed by atoms with van der Waals surface area (Å²) < 4.78 is 6.51. The molecule has 1 aliphatic heterocycles. The van der Waals surface area contributed by atoms with Crippen molar-refractivity contribution in [2.24, 2.45) is 0 Å². The Balaban J connectivity index is 1.72. The van der Waals surface area contributed by atoms with Gasteiger partial charge in [0.05, 0.1) is 33.4 Å². The Labute approximate surface area is 228 Å². The van der Waals surface area contributed by atoms with Crippen LogP contribution in [-0.2, 0) is 9.59 Å². The van der Waals surface area contributed by atoms with E-state index >= 15 is 0 Å². The number of carbonyl (C=O) groups excluding carboxylic acids is 2. The van der Waals surface area contributed by atoms with Gasteiger partial charge in [0.15, 0.2) is 5.13 Å². The van der Waals surface area contributed by atoms with E-state index in [-0.39, 0.29) is 22.0 Å². The summed E-state index contributed by atoms with van der Waals surface area (Å²) in [4.78, 5) is 44.0. The molecule has 0 spiro atoms. The lowest BCUT2D eigenvalue weighted by Gasteiger charge is -2.22. The van der Waals surface area contributed by atoms with Gasteiger partial charge in [-0.3, -0.25) is 24.6 Å². The Morgan fingerprint density at radius 1 is 1.13 bits per heavy atom. The summed E-state index contributed by atoms with van der Waals surface area (Å²) in [6.45, 7) is 6.31. The number of fused-ring (bicyclic) bond motifs is 1. The number of non-ortho nitro benzene ring substituents is 1. The number of nitro groups is 1. The molecule has 0 saturated carbocycles. The number of nitro benzene ring substituents is 1. The number of carbonyl (C=O) groups is 2. The summed E-state index contributed by atoms with van der Waals surface area (Å²) in [7, 11) is 0. The van der Waals surface area contributed by atoms with Gasteiger partial charge in [-0.05, 0) is 55.2 Å². The van der Waals surface area contributed by atoms with Gasteiger partial charge in [0, 0.05) is 17.7 Å². The minimum absolute atomic E-state index is 0.180. The van der Waals surface area contributed by atoms with E-state index in [0.717, 1.165) is 22.2 Å². The first-order chi connectivity index (χ1) is 18.7. The van der Waals surface area contributed by atoms with E-state index in [0.29, 0.717) is 23.4 Å². The quantitative estimate of drug-likeness (QED) is 0.0963. The number of ketones is 1. The van der Waals surface area contributed by atoms with Crippen LogP contribution in [0.3, 0.4) is 0 Å². The zero-order chi connectivity index (χ0) is 27.8. The minimum atomic E-state index is -1.13. The maximum atomic E-state index is 13.5. The van der Waals surface area contributed by atoms with Crippen LogP contribution in [0.1, 0.15) is 41.6 Å². The zero-order valence-electron chi connectivity index (χ0n) is 21.5. The Bertz CT molecular complexity index is 1670. The lowest BCUT2D eigenvalue weighted by molar-refractivity contribution is -0.384. The van der Waals surface area contributed by atoms with Crippen molar-refractivity contribution in [1.82, 2.24) is 4.98 Å². The van der Waals surface area contributed by atoms with Gasteiger partial charge in [0.25, 0.3) is 11.5 Å². The van der Waals surface area contributed by atoms with Crippen LogP contribution < -0.4 is 9.64 Å². The Morgan fingerprint density at radius 3 is 2.64 bits per heavy atom. The predicted molar refractivity (Wildman–Crippen MR) is 149 cm³/mol.